The molecule has 1 heterocycles. The van der Waals surface area contributed by atoms with Crippen LogP contribution in [0.25, 0.3) is 0 Å². The molecule has 0 bridgehead atoms. The fourth-order valence-corrected chi connectivity index (χ4v) is 2.89. The van der Waals surface area contributed by atoms with Crippen molar-refractivity contribution in [1.82, 2.24) is 0 Å². The molecular weight excluding hydrogens is 308 g/mol. The van der Waals surface area contributed by atoms with Crippen LogP contribution >= 0.6 is 0 Å². The quantitative estimate of drug-likeness (QED) is 0.454. The lowest BCUT2D eigenvalue weighted by Gasteiger charge is -2.27. The molecule has 24 heavy (non-hydrogen) atoms. The fraction of sp³-hybridized carbons (Fsp3) is 0.333. The molecule has 0 radical (unpaired) electrons. The number of hydrogen-bond donors (Lipinski definition) is 0. The third-order valence-corrected chi connectivity index (χ3v) is 4.06. The summed E-state index contributed by atoms with van der Waals surface area (Å²) in [5.74, 6) is -2.90. The molecular formula is C18H18N2O4. The van der Waals surface area contributed by atoms with Crippen LogP contribution < -0.4 is 4.90 Å². The zero-order valence-electron chi connectivity index (χ0n) is 13.4. The van der Waals surface area contributed by atoms with Gasteiger partial charge in [-0.1, -0.05) is 24.3 Å². The number of allylic oxidation sites excluding steroid dienone is 1. The van der Waals surface area contributed by atoms with Crippen LogP contribution in [0.5, 0.6) is 0 Å². The van der Waals surface area contributed by atoms with Gasteiger partial charge in [0.05, 0.1) is 24.3 Å². The lowest BCUT2D eigenvalue weighted by Crippen LogP contribution is -2.43. The molecule has 0 unspecified atom stereocenters. The molecule has 1 aliphatic rings. The highest BCUT2D eigenvalue weighted by atomic mass is 16.5. The van der Waals surface area contributed by atoms with Crippen molar-refractivity contribution in [2.24, 2.45) is 11.3 Å². The van der Waals surface area contributed by atoms with Crippen molar-refractivity contribution in [2.45, 2.75) is 19.8 Å². The van der Waals surface area contributed by atoms with E-state index in [0.717, 1.165) is 4.90 Å². The van der Waals surface area contributed by atoms with Crippen LogP contribution in [0.4, 0.5) is 5.69 Å². The minimum atomic E-state index is -1.74. The number of carbonyl (C=O) groups excluding carboxylic acids is 3. The number of rotatable bonds is 6. The summed E-state index contributed by atoms with van der Waals surface area (Å²) in [6, 6.07) is 10.4. The maximum atomic E-state index is 12.8. The summed E-state index contributed by atoms with van der Waals surface area (Å²) >= 11 is 0. The second kappa shape index (κ2) is 7.09. The number of ether oxygens (including phenoxy) is 1. The van der Waals surface area contributed by atoms with Crippen molar-refractivity contribution in [2.75, 3.05) is 11.5 Å². The number of amides is 2. The van der Waals surface area contributed by atoms with E-state index in [-0.39, 0.29) is 19.4 Å². The number of anilines is 1. The van der Waals surface area contributed by atoms with Gasteiger partial charge in [0.2, 0.25) is 11.8 Å². The normalized spacial score (nSPS) is 19.5. The second-order valence-electron chi connectivity index (χ2n) is 5.46. The first-order valence-corrected chi connectivity index (χ1v) is 7.63. The van der Waals surface area contributed by atoms with Crippen molar-refractivity contribution in [1.29, 1.82) is 5.26 Å². The highest BCUT2D eigenvalue weighted by Crippen LogP contribution is 2.41. The average molecular weight is 326 g/mol. The Kier molecular flexibility index (Phi) is 5.14. The third kappa shape index (κ3) is 2.81. The van der Waals surface area contributed by atoms with Crippen LogP contribution in [0.1, 0.15) is 19.8 Å². The van der Waals surface area contributed by atoms with E-state index in [4.69, 9.17) is 4.74 Å². The van der Waals surface area contributed by atoms with Gasteiger partial charge in [0.25, 0.3) is 0 Å². The highest BCUT2D eigenvalue weighted by molar-refractivity contribution is 6.22. The molecule has 1 aliphatic heterocycles. The largest absolute Gasteiger partial charge is 0.465 e. The minimum absolute atomic E-state index is 0.0609. The van der Waals surface area contributed by atoms with Crippen molar-refractivity contribution in [3.8, 4) is 6.07 Å². The van der Waals surface area contributed by atoms with Crippen molar-refractivity contribution in [3.63, 3.8) is 0 Å². The summed E-state index contributed by atoms with van der Waals surface area (Å²) < 4.78 is 5.00. The molecule has 0 aromatic heterocycles. The van der Waals surface area contributed by atoms with Crippen molar-refractivity contribution < 1.29 is 19.1 Å². The average Bonchev–Trinajstić information content (AvgIpc) is 2.88. The van der Waals surface area contributed by atoms with Gasteiger partial charge >= 0.3 is 5.97 Å². The van der Waals surface area contributed by atoms with Crippen LogP contribution in [0, 0.1) is 22.7 Å². The van der Waals surface area contributed by atoms with Crippen LogP contribution in [0.2, 0.25) is 0 Å². The van der Waals surface area contributed by atoms with E-state index in [1.807, 2.05) is 6.07 Å². The first-order valence-electron chi connectivity index (χ1n) is 7.63. The number of nitrogens with zero attached hydrogens (tertiary/aromatic N) is 2. The van der Waals surface area contributed by atoms with Gasteiger partial charge in [0, 0.05) is 6.42 Å². The zero-order chi connectivity index (χ0) is 17.7. The van der Waals surface area contributed by atoms with Gasteiger partial charge in [-0.05, 0) is 25.5 Å². The Morgan fingerprint density at radius 1 is 1.46 bits per heavy atom. The fourth-order valence-electron chi connectivity index (χ4n) is 2.89. The maximum absolute atomic E-state index is 12.8. The van der Waals surface area contributed by atoms with Gasteiger partial charge in [-0.15, -0.1) is 6.58 Å². The van der Waals surface area contributed by atoms with Gasteiger partial charge < -0.3 is 4.74 Å². The summed E-state index contributed by atoms with van der Waals surface area (Å²) in [5.41, 5.74) is -1.32. The Labute approximate surface area is 140 Å². The molecule has 2 amide bonds. The Morgan fingerprint density at radius 2 is 2.12 bits per heavy atom. The number of para-hydroxylation sites is 1. The number of carbonyl (C=O) groups is 3. The van der Waals surface area contributed by atoms with E-state index in [1.54, 1.807) is 37.3 Å². The van der Waals surface area contributed by atoms with E-state index >= 15 is 0 Å². The summed E-state index contributed by atoms with van der Waals surface area (Å²) in [6.45, 7) is 5.26. The molecule has 0 N–H and O–H groups in total. The van der Waals surface area contributed by atoms with Gasteiger partial charge in [-0.2, -0.15) is 5.26 Å². The summed E-state index contributed by atoms with van der Waals surface area (Å²) in [6.07, 6.45) is 1.12. The molecule has 0 aliphatic carbocycles. The van der Waals surface area contributed by atoms with Gasteiger partial charge in [-0.3, -0.25) is 19.3 Å². The molecule has 6 heteroatoms. The highest BCUT2D eigenvalue weighted by Gasteiger charge is 2.56. The summed E-state index contributed by atoms with van der Waals surface area (Å²) in [4.78, 5) is 38.6. The van der Waals surface area contributed by atoms with E-state index in [9.17, 15) is 19.6 Å². The lowest BCUT2D eigenvalue weighted by molar-refractivity contribution is -0.156. The smallest absolute Gasteiger partial charge is 0.327 e. The SMILES string of the molecule is C=CC[C@@](C#N)(C(=O)OCC)[C@@H]1CC(=O)N(c2ccccc2)C1=O. The summed E-state index contributed by atoms with van der Waals surface area (Å²) in [5, 5.41) is 9.65. The number of imide groups is 1. The van der Waals surface area contributed by atoms with E-state index in [2.05, 4.69) is 6.58 Å². The predicted octanol–water partition coefficient (Wildman–Crippen LogP) is 2.22. The lowest BCUT2D eigenvalue weighted by atomic mass is 9.73. The number of nitriles is 1. The number of benzene rings is 1. The molecule has 0 spiro atoms. The van der Waals surface area contributed by atoms with Gasteiger partial charge in [-0.25, -0.2) is 0 Å². The van der Waals surface area contributed by atoms with Crippen LogP contribution in [-0.4, -0.2) is 24.4 Å². The molecule has 2 atom stereocenters. The van der Waals surface area contributed by atoms with Crippen LogP contribution in [0.3, 0.4) is 0 Å². The van der Waals surface area contributed by atoms with Crippen molar-refractivity contribution >= 4 is 23.5 Å². The Morgan fingerprint density at radius 3 is 2.67 bits per heavy atom. The molecule has 1 aromatic carbocycles. The van der Waals surface area contributed by atoms with Gasteiger partial charge in [0.1, 0.15) is 0 Å². The first kappa shape index (κ1) is 17.4. The zero-order valence-corrected chi connectivity index (χ0v) is 13.4. The number of hydrogen-bond acceptors (Lipinski definition) is 5. The molecule has 1 aromatic rings. The monoisotopic (exact) mass is 326 g/mol. The minimum Gasteiger partial charge on any atom is -0.465 e. The van der Waals surface area contributed by atoms with Crippen LogP contribution in [-0.2, 0) is 19.1 Å². The topological polar surface area (TPSA) is 87.5 Å². The number of esters is 1. The molecule has 124 valence electrons. The Hall–Kier alpha value is -2.94. The third-order valence-electron chi connectivity index (χ3n) is 4.06. The molecule has 1 fully saturated rings. The molecule has 1 saturated heterocycles. The van der Waals surface area contributed by atoms with Crippen molar-refractivity contribution in [3.05, 3.63) is 43.0 Å². The van der Waals surface area contributed by atoms with Crippen LogP contribution in [0.15, 0.2) is 43.0 Å². The van der Waals surface area contributed by atoms with E-state index in [0.29, 0.717) is 5.69 Å². The van der Waals surface area contributed by atoms with E-state index in [1.165, 1.54) is 6.08 Å². The molecule has 0 saturated carbocycles. The first-order chi connectivity index (χ1) is 11.5. The van der Waals surface area contributed by atoms with Gasteiger partial charge in [0.15, 0.2) is 5.41 Å². The molecule has 2 rings (SSSR count). The predicted molar refractivity (Wildman–Crippen MR) is 86.5 cm³/mol. The Bertz CT molecular complexity index is 707. The van der Waals surface area contributed by atoms with E-state index < -0.39 is 29.1 Å². The summed E-state index contributed by atoms with van der Waals surface area (Å²) in [7, 11) is 0. The maximum Gasteiger partial charge on any atom is 0.327 e. The standard InChI is InChI=1S/C18H18N2O4/c1-3-10-18(12-19,17(23)24-4-2)14-11-15(21)20(16(14)22)13-8-6-5-7-9-13/h3,5-9,14H,1,4,10-11H2,2H3/t14-,18+/m1/s1. The Balaban J connectivity index is 2.44. The second-order valence-corrected chi connectivity index (χ2v) is 5.46. The molecule has 6 nitrogen and oxygen atoms in total.